The van der Waals surface area contributed by atoms with E-state index in [4.69, 9.17) is 0 Å². The van der Waals surface area contributed by atoms with Crippen molar-refractivity contribution in [3.8, 4) is 0 Å². The van der Waals surface area contributed by atoms with Crippen LogP contribution in [0.2, 0.25) is 0 Å². The number of nitrogens with zero attached hydrogens (tertiary/aromatic N) is 2. The van der Waals surface area contributed by atoms with Crippen molar-refractivity contribution >= 4 is 12.0 Å². The summed E-state index contributed by atoms with van der Waals surface area (Å²) in [6.45, 7) is 7.61. The van der Waals surface area contributed by atoms with Crippen molar-refractivity contribution in [2.75, 3.05) is 0 Å². The molecule has 3 N–H and O–H groups in total. The zero-order valence-corrected chi connectivity index (χ0v) is 13.3. The molecule has 0 atom stereocenters. The molecule has 118 valence electrons. The van der Waals surface area contributed by atoms with Crippen molar-refractivity contribution in [3.63, 3.8) is 0 Å². The lowest BCUT2D eigenvalue weighted by Crippen LogP contribution is -2.56. The lowest BCUT2D eigenvalue weighted by atomic mass is 9.93. The van der Waals surface area contributed by atoms with E-state index >= 15 is 0 Å². The summed E-state index contributed by atoms with van der Waals surface area (Å²) in [6, 6.07) is -0.483. The van der Waals surface area contributed by atoms with Crippen molar-refractivity contribution in [3.05, 3.63) is 17.0 Å². The Balaban J connectivity index is 2.72. The van der Waals surface area contributed by atoms with Crippen LogP contribution in [-0.4, -0.2) is 32.4 Å². The molecule has 0 bridgehead atoms. The molecule has 0 spiro atoms. The normalized spacial score (nSPS) is 11.3. The van der Waals surface area contributed by atoms with Crippen molar-refractivity contribution in [2.45, 2.75) is 52.6 Å². The van der Waals surface area contributed by atoms with Gasteiger partial charge in [-0.25, -0.2) is 9.59 Å². The summed E-state index contributed by atoms with van der Waals surface area (Å²) in [4.78, 5) is 23.3. The van der Waals surface area contributed by atoms with Gasteiger partial charge >= 0.3 is 12.0 Å². The predicted octanol–water partition coefficient (Wildman–Crippen LogP) is 1.48. The number of hydrogen-bond acceptors (Lipinski definition) is 3. The van der Waals surface area contributed by atoms with Crippen LogP contribution in [0.3, 0.4) is 0 Å². The van der Waals surface area contributed by atoms with Gasteiger partial charge in [-0.2, -0.15) is 5.10 Å². The van der Waals surface area contributed by atoms with Gasteiger partial charge in [0.1, 0.15) is 5.54 Å². The van der Waals surface area contributed by atoms with Crippen molar-refractivity contribution < 1.29 is 14.7 Å². The van der Waals surface area contributed by atoms with Gasteiger partial charge in [-0.1, -0.05) is 13.8 Å². The molecule has 1 aromatic rings. The molecule has 0 fully saturated rings. The first kappa shape index (κ1) is 17.0. The van der Waals surface area contributed by atoms with Crippen LogP contribution in [0.4, 0.5) is 4.79 Å². The van der Waals surface area contributed by atoms with Crippen LogP contribution in [0, 0.1) is 13.8 Å². The van der Waals surface area contributed by atoms with Crippen molar-refractivity contribution in [2.24, 2.45) is 7.05 Å². The molecule has 21 heavy (non-hydrogen) atoms. The molecule has 1 aromatic heterocycles. The molecule has 0 aliphatic rings. The molecule has 7 heteroatoms. The second-order valence-electron chi connectivity index (χ2n) is 5.18. The van der Waals surface area contributed by atoms with Crippen LogP contribution in [0.5, 0.6) is 0 Å². The third kappa shape index (κ3) is 3.53. The van der Waals surface area contributed by atoms with Crippen molar-refractivity contribution in [1.82, 2.24) is 20.4 Å². The molecule has 0 radical (unpaired) electrons. The fraction of sp³-hybridized carbons (Fsp3) is 0.643. The number of amides is 2. The van der Waals surface area contributed by atoms with E-state index in [0.29, 0.717) is 19.4 Å². The maximum absolute atomic E-state index is 12.0. The molecule has 0 aliphatic carbocycles. The number of carbonyl (C=O) groups excluding carboxylic acids is 1. The summed E-state index contributed by atoms with van der Waals surface area (Å²) in [7, 11) is 1.84. The number of nitrogens with one attached hydrogen (secondary N) is 2. The van der Waals surface area contributed by atoms with E-state index in [0.717, 1.165) is 17.0 Å². The second-order valence-corrected chi connectivity index (χ2v) is 5.18. The van der Waals surface area contributed by atoms with Gasteiger partial charge in [0.15, 0.2) is 0 Å². The van der Waals surface area contributed by atoms with Gasteiger partial charge < -0.3 is 15.7 Å². The first-order valence-electron chi connectivity index (χ1n) is 7.05. The third-order valence-electron chi connectivity index (χ3n) is 4.05. The Morgan fingerprint density at radius 1 is 1.29 bits per heavy atom. The Hall–Kier alpha value is -2.05. The summed E-state index contributed by atoms with van der Waals surface area (Å²) in [6.07, 6.45) is 0.661. The van der Waals surface area contributed by atoms with Gasteiger partial charge in [0, 0.05) is 24.8 Å². The number of carboxylic acids is 1. The number of rotatable bonds is 6. The molecular formula is C14H24N4O3. The molecule has 2 amide bonds. The lowest BCUT2D eigenvalue weighted by Gasteiger charge is -2.28. The van der Waals surface area contributed by atoms with Crippen LogP contribution in [0.15, 0.2) is 0 Å². The Labute approximate surface area is 124 Å². The van der Waals surface area contributed by atoms with E-state index in [1.54, 1.807) is 18.5 Å². The van der Waals surface area contributed by atoms with E-state index in [2.05, 4.69) is 15.7 Å². The Morgan fingerprint density at radius 2 is 1.86 bits per heavy atom. The predicted molar refractivity (Wildman–Crippen MR) is 79.0 cm³/mol. The van der Waals surface area contributed by atoms with Gasteiger partial charge in [-0.05, 0) is 26.7 Å². The van der Waals surface area contributed by atoms with E-state index in [1.807, 2.05) is 20.9 Å². The fourth-order valence-corrected chi connectivity index (χ4v) is 2.29. The molecule has 0 aromatic carbocycles. The highest BCUT2D eigenvalue weighted by Crippen LogP contribution is 2.15. The number of hydrogen-bond donors (Lipinski definition) is 3. The molecule has 0 unspecified atom stereocenters. The Kier molecular flexibility index (Phi) is 5.34. The first-order chi connectivity index (χ1) is 9.77. The summed E-state index contributed by atoms with van der Waals surface area (Å²) in [5, 5.41) is 18.8. The van der Waals surface area contributed by atoms with Crippen molar-refractivity contribution in [1.29, 1.82) is 0 Å². The zero-order chi connectivity index (χ0) is 16.2. The standard InChI is InChI=1S/C14H24N4O3/c1-6-14(7-2,12(19)20)16-13(21)15-8-11-9(3)17-18(5)10(11)4/h6-8H2,1-5H3,(H,19,20)(H2,15,16,21). The third-order valence-corrected chi connectivity index (χ3v) is 4.05. The topological polar surface area (TPSA) is 96.3 Å². The van der Waals surface area contributed by atoms with Gasteiger partial charge in [0.25, 0.3) is 0 Å². The van der Waals surface area contributed by atoms with Crippen LogP contribution < -0.4 is 10.6 Å². The average Bonchev–Trinajstić information content (AvgIpc) is 2.67. The number of carbonyl (C=O) groups is 2. The fourth-order valence-electron chi connectivity index (χ4n) is 2.29. The summed E-state index contributed by atoms with van der Waals surface area (Å²) >= 11 is 0. The second kappa shape index (κ2) is 6.60. The minimum atomic E-state index is -1.22. The van der Waals surface area contributed by atoms with E-state index in [9.17, 15) is 14.7 Å². The summed E-state index contributed by atoms with van der Waals surface area (Å²) in [5.74, 6) is -1.02. The Bertz CT molecular complexity index is 533. The van der Waals surface area contributed by atoms with Crippen LogP contribution in [0.25, 0.3) is 0 Å². The molecule has 7 nitrogen and oxygen atoms in total. The van der Waals surface area contributed by atoms with Crippen LogP contribution in [0.1, 0.15) is 43.6 Å². The molecule has 1 heterocycles. The highest BCUT2D eigenvalue weighted by atomic mass is 16.4. The molecular weight excluding hydrogens is 272 g/mol. The molecule has 0 saturated carbocycles. The zero-order valence-electron chi connectivity index (χ0n) is 13.3. The maximum atomic E-state index is 12.0. The number of aromatic nitrogens is 2. The highest BCUT2D eigenvalue weighted by Gasteiger charge is 2.36. The Morgan fingerprint density at radius 3 is 2.24 bits per heavy atom. The maximum Gasteiger partial charge on any atom is 0.329 e. The number of carboxylic acid groups (broad SMARTS) is 1. The lowest BCUT2D eigenvalue weighted by molar-refractivity contribution is -0.144. The SMILES string of the molecule is CCC(CC)(NC(=O)NCc1c(C)nn(C)c1C)C(=O)O. The smallest absolute Gasteiger partial charge is 0.329 e. The molecule has 0 saturated heterocycles. The van der Waals surface area contributed by atoms with Gasteiger partial charge in [0.2, 0.25) is 0 Å². The molecule has 0 aliphatic heterocycles. The minimum absolute atomic E-state index is 0.320. The summed E-state index contributed by atoms with van der Waals surface area (Å²) in [5.41, 5.74) is 1.55. The van der Waals surface area contributed by atoms with E-state index in [1.165, 1.54) is 0 Å². The summed E-state index contributed by atoms with van der Waals surface area (Å²) < 4.78 is 1.75. The quantitative estimate of drug-likeness (QED) is 0.741. The highest BCUT2D eigenvalue weighted by molar-refractivity contribution is 5.86. The number of urea groups is 1. The largest absolute Gasteiger partial charge is 0.480 e. The molecule has 1 rings (SSSR count). The monoisotopic (exact) mass is 296 g/mol. The van der Waals surface area contributed by atoms with Crippen LogP contribution >= 0.6 is 0 Å². The number of aliphatic carboxylic acids is 1. The van der Waals surface area contributed by atoms with Crippen LogP contribution in [-0.2, 0) is 18.4 Å². The van der Waals surface area contributed by atoms with Gasteiger partial charge in [-0.3, -0.25) is 4.68 Å². The average molecular weight is 296 g/mol. The van der Waals surface area contributed by atoms with Gasteiger partial charge in [-0.15, -0.1) is 0 Å². The number of aryl methyl sites for hydroxylation is 2. The first-order valence-corrected chi connectivity index (χ1v) is 7.05. The van der Waals surface area contributed by atoms with Gasteiger partial charge in [0.05, 0.1) is 5.69 Å². The van der Waals surface area contributed by atoms with E-state index in [-0.39, 0.29) is 0 Å². The van der Waals surface area contributed by atoms with E-state index < -0.39 is 17.5 Å². The minimum Gasteiger partial charge on any atom is -0.480 e.